The van der Waals surface area contributed by atoms with Crippen LogP contribution in [-0.2, 0) is 19.6 Å². The summed E-state index contributed by atoms with van der Waals surface area (Å²) < 4.78 is 31.6. The Morgan fingerprint density at radius 2 is 1.67 bits per heavy atom. The molecule has 27 heavy (non-hydrogen) atoms. The van der Waals surface area contributed by atoms with Crippen molar-refractivity contribution >= 4 is 27.6 Å². The summed E-state index contributed by atoms with van der Waals surface area (Å²) >= 11 is 0. The number of amides is 1. The van der Waals surface area contributed by atoms with E-state index in [-0.39, 0.29) is 10.5 Å². The normalized spacial score (nSPS) is 11.1. The average molecular weight is 390 g/mol. The third-order valence-corrected chi connectivity index (χ3v) is 5.33. The molecular weight excluding hydrogens is 368 g/mol. The standard InChI is InChI=1S/C19H22N2O5S/c1-12-8-13(2)18(14(3)9-12)21-17(22)11-20-27(24,25)16-7-5-6-15(10-16)19(23)26-4/h5-10,20H,11H2,1-4H3,(H,21,22). The topological polar surface area (TPSA) is 102 Å². The minimum absolute atomic E-state index is 0.107. The van der Waals surface area contributed by atoms with Crippen LogP contribution < -0.4 is 10.0 Å². The number of anilines is 1. The van der Waals surface area contributed by atoms with Crippen molar-refractivity contribution in [2.24, 2.45) is 0 Å². The van der Waals surface area contributed by atoms with Crippen LogP contribution in [0.1, 0.15) is 27.0 Å². The molecule has 2 aromatic carbocycles. The Morgan fingerprint density at radius 3 is 2.26 bits per heavy atom. The fourth-order valence-corrected chi connectivity index (χ4v) is 3.74. The van der Waals surface area contributed by atoms with Crippen molar-refractivity contribution in [3.05, 3.63) is 58.7 Å². The SMILES string of the molecule is COC(=O)c1cccc(S(=O)(=O)NCC(=O)Nc2c(C)cc(C)cc2C)c1. The molecule has 1 amide bonds. The third-order valence-electron chi connectivity index (χ3n) is 3.93. The fraction of sp³-hybridized carbons (Fsp3) is 0.263. The smallest absolute Gasteiger partial charge is 0.337 e. The highest BCUT2D eigenvalue weighted by Crippen LogP contribution is 2.21. The lowest BCUT2D eigenvalue weighted by Crippen LogP contribution is -2.33. The molecule has 0 aromatic heterocycles. The zero-order valence-corrected chi connectivity index (χ0v) is 16.4. The Labute approximate surface area is 158 Å². The first kappa shape index (κ1) is 20.6. The van der Waals surface area contributed by atoms with E-state index < -0.39 is 28.4 Å². The maximum atomic E-state index is 12.4. The molecule has 0 heterocycles. The zero-order chi connectivity index (χ0) is 20.2. The molecule has 0 aliphatic carbocycles. The summed E-state index contributed by atoms with van der Waals surface area (Å²) in [6, 6.07) is 9.28. The van der Waals surface area contributed by atoms with Crippen molar-refractivity contribution in [2.45, 2.75) is 25.7 Å². The summed E-state index contributed by atoms with van der Waals surface area (Å²) in [5, 5.41) is 2.73. The number of rotatable bonds is 6. The Balaban J connectivity index is 2.09. The quantitative estimate of drug-likeness (QED) is 0.737. The number of sulfonamides is 1. The van der Waals surface area contributed by atoms with E-state index in [1.165, 1.54) is 31.4 Å². The van der Waals surface area contributed by atoms with Crippen molar-refractivity contribution in [2.75, 3.05) is 19.0 Å². The van der Waals surface area contributed by atoms with Gasteiger partial charge in [0, 0.05) is 5.69 Å². The number of benzene rings is 2. The Bertz CT molecular complexity index is 960. The molecule has 0 saturated heterocycles. The van der Waals surface area contributed by atoms with Crippen LogP contribution in [0.15, 0.2) is 41.3 Å². The van der Waals surface area contributed by atoms with Gasteiger partial charge in [0.2, 0.25) is 15.9 Å². The van der Waals surface area contributed by atoms with E-state index in [4.69, 9.17) is 0 Å². The number of hydrogen-bond donors (Lipinski definition) is 2. The predicted molar refractivity (Wildman–Crippen MR) is 102 cm³/mol. The number of hydrogen-bond acceptors (Lipinski definition) is 5. The second-order valence-corrected chi connectivity index (χ2v) is 7.93. The summed E-state index contributed by atoms with van der Waals surface area (Å²) in [5.74, 6) is -1.13. The van der Waals surface area contributed by atoms with Gasteiger partial charge in [-0.25, -0.2) is 17.9 Å². The Kier molecular flexibility index (Phi) is 6.35. The molecule has 2 N–H and O–H groups in total. The monoisotopic (exact) mass is 390 g/mol. The highest BCUT2D eigenvalue weighted by Gasteiger charge is 2.18. The van der Waals surface area contributed by atoms with Gasteiger partial charge in [-0.3, -0.25) is 4.79 Å². The number of ether oxygens (including phenoxy) is 1. The van der Waals surface area contributed by atoms with Crippen LogP contribution in [0.25, 0.3) is 0 Å². The van der Waals surface area contributed by atoms with Crippen molar-refractivity contribution < 1.29 is 22.7 Å². The van der Waals surface area contributed by atoms with Gasteiger partial charge >= 0.3 is 5.97 Å². The van der Waals surface area contributed by atoms with Gasteiger partial charge in [-0.05, 0) is 50.1 Å². The van der Waals surface area contributed by atoms with Gasteiger partial charge in [-0.1, -0.05) is 23.8 Å². The van der Waals surface area contributed by atoms with Crippen LogP contribution in [0.3, 0.4) is 0 Å². The number of nitrogens with one attached hydrogen (secondary N) is 2. The molecule has 0 fully saturated rings. The summed E-state index contributed by atoms with van der Waals surface area (Å²) in [6.07, 6.45) is 0. The second kappa shape index (κ2) is 8.32. The molecule has 7 nitrogen and oxygen atoms in total. The highest BCUT2D eigenvalue weighted by molar-refractivity contribution is 7.89. The molecule has 8 heteroatoms. The van der Waals surface area contributed by atoms with E-state index in [1.807, 2.05) is 32.9 Å². The second-order valence-electron chi connectivity index (χ2n) is 6.17. The minimum atomic E-state index is -3.96. The van der Waals surface area contributed by atoms with Crippen LogP contribution in [0.4, 0.5) is 5.69 Å². The van der Waals surface area contributed by atoms with Gasteiger partial charge in [-0.15, -0.1) is 0 Å². The van der Waals surface area contributed by atoms with Gasteiger partial charge in [-0.2, -0.15) is 0 Å². The molecule has 2 aromatic rings. The molecule has 0 spiro atoms. The maximum Gasteiger partial charge on any atom is 0.337 e. The van der Waals surface area contributed by atoms with Crippen LogP contribution in [0.2, 0.25) is 0 Å². The number of carbonyl (C=O) groups is 2. The molecule has 0 aliphatic heterocycles. The fourth-order valence-electron chi connectivity index (χ4n) is 2.71. The summed E-state index contributed by atoms with van der Waals surface area (Å²) in [4.78, 5) is 23.6. The van der Waals surface area contributed by atoms with E-state index >= 15 is 0 Å². The predicted octanol–water partition coefficient (Wildman–Crippen LogP) is 2.32. The molecule has 0 saturated carbocycles. The average Bonchev–Trinajstić information content (AvgIpc) is 2.62. The number of carbonyl (C=O) groups excluding carboxylic acids is 2. The van der Waals surface area contributed by atoms with Crippen molar-refractivity contribution in [1.29, 1.82) is 0 Å². The number of methoxy groups -OCH3 is 1. The molecule has 0 aliphatic rings. The van der Waals surface area contributed by atoms with E-state index in [1.54, 1.807) is 0 Å². The summed E-state index contributed by atoms with van der Waals surface area (Å²) in [6.45, 7) is 5.27. The van der Waals surface area contributed by atoms with Crippen molar-refractivity contribution in [1.82, 2.24) is 4.72 Å². The number of aryl methyl sites for hydroxylation is 3. The lowest BCUT2D eigenvalue weighted by atomic mass is 10.1. The van der Waals surface area contributed by atoms with Crippen LogP contribution in [-0.4, -0.2) is 33.9 Å². The van der Waals surface area contributed by atoms with E-state index in [0.717, 1.165) is 16.7 Å². The molecule has 0 radical (unpaired) electrons. The van der Waals surface area contributed by atoms with Crippen LogP contribution in [0, 0.1) is 20.8 Å². The lowest BCUT2D eigenvalue weighted by Gasteiger charge is -2.13. The van der Waals surface area contributed by atoms with Gasteiger partial charge in [0.1, 0.15) is 0 Å². The van der Waals surface area contributed by atoms with Crippen molar-refractivity contribution in [3.63, 3.8) is 0 Å². The van der Waals surface area contributed by atoms with Crippen molar-refractivity contribution in [3.8, 4) is 0 Å². The van der Waals surface area contributed by atoms with Crippen LogP contribution in [0.5, 0.6) is 0 Å². The van der Waals surface area contributed by atoms with Gasteiger partial charge in [0.05, 0.1) is 24.1 Å². The molecule has 0 unspecified atom stereocenters. The van der Waals surface area contributed by atoms with Crippen LogP contribution >= 0.6 is 0 Å². The molecule has 0 atom stereocenters. The molecular formula is C19H22N2O5S. The highest BCUT2D eigenvalue weighted by atomic mass is 32.2. The Morgan fingerprint density at radius 1 is 1.04 bits per heavy atom. The third kappa shape index (κ3) is 5.15. The minimum Gasteiger partial charge on any atom is -0.465 e. The van der Waals surface area contributed by atoms with Gasteiger partial charge in [0.25, 0.3) is 0 Å². The maximum absolute atomic E-state index is 12.4. The zero-order valence-electron chi connectivity index (χ0n) is 15.6. The Hall–Kier alpha value is -2.71. The first-order valence-electron chi connectivity index (χ1n) is 8.20. The van der Waals surface area contributed by atoms with E-state index in [2.05, 4.69) is 14.8 Å². The molecule has 144 valence electrons. The van der Waals surface area contributed by atoms with Gasteiger partial charge in [0.15, 0.2) is 0 Å². The van der Waals surface area contributed by atoms with Gasteiger partial charge < -0.3 is 10.1 Å². The summed E-state index contributed by atoms with van der Waals surface area (Å²) in [5.41, 5.74) is 3.64. The molecule has 2 rings (SSSR count). The summed E-state index contributed by atoms with van der Waals surface area (Å²) in [7, 11) is -2.75. The van der Waals surface area contributed by atoms with E-state index in [0.29, 0.717) is 5.69 Å². The first-order valence-corrected chi connectivity index (χ1v) is 9.68. The largest absolute Gasteiger partial charge is 0.465 e. The number of esters is 1. The first-order chi connectivity index (χ1) is 12.6. The van der Waals surface area contributed by atoms with E-state index in [9.17, 15) is 18.0 Å². The molecule has 0 bridgehead atoms. The lowest BCUT2D eigenvalue weighted by molar-refractivity contribution is -0.115.